The Balaban J connectivity index is 2.80. The Morgan fingerprint density at radius 2 is 2.05 bits per heavy atom. The van der Waals surface area contributed by atoms with Gasteiger partial charge in [0.15, 0.2) is 0 Å². The number of carbonyl (C=O) groups excluding carboxylic acids is 3. The van der Waals surface area contributed by atoms with Gasteiger partial charge in [-0.3, -0.25) is 9.59 Å². The Morgan fingerprint density at radius 1 is 1.45 bits per heavy atom. The number of carbonyl (C=O) groups is 3. The van der Waals surface area contributed by atoms with E-state index in [1.807, 2.05) is 27.7 Å². The molecule has 7 heteroatoms. The van der Waals surface area contributed by atoms with E-state index in [9.17, 15) is 14.4 Å². The van der Waals surface area contributed by atoms with Gasteiger partial charge in [0.05, 0.1) is 12.0 Å². The molecule has 2 amide bonds. The van der Waals surface area contributed by atoms with Crippen LogP contribution in [0, 0.1) is 5.92 Å². The highest BCUT2D eigenvalue weighted by atomic mass is 32.2. The van der Waals surface area contributed by atoms with Crippen molar-refractivity contribution in [3.63, 3.8) is 0 Å². The Hall–Kier alpha value is -1.24. The van der Waals surface area contributed by atoms with E-state index in [0.717, 1.165) is 0 Å². The van der Waals surface area contributed by atoms with Crippen LogP contribution in [0.25, 0.3) is 0 Å². The van der Waals surface area contributed by atoms with Crippen LogP contribution in [0.2, 0.25) is 0 Å². The second-order valence-corrected chi connectivity index (χ2v) is 7.16. The van der Waals surface area contributed by atoms with E-state index >= 15 is 0 Å². The van der Waals surface area contributed by atoms with Gasteiger partial charge in [0.1, 0.15) is 12.1 Å². The summed E-state index contributed by atoms with van der Waals surface area (Å²) < 4.78 is 4.69. The maximum absolute atomic E-state index is 12.3. The number of hydrogen-bond donors (Lipinski definition) is 1. The molecule has 0 aromatic carbocycles. The predicted molar refractivity (Wildman–Crippen MR) is 77.0 cm³/mol. The van der Waals surface area contributed by atoms with Crippen molar-refractivity contribution in [3.05, 3.63) is 0 Å². The van der Waals surface area contributed by atoms with Gasteiger partial charge >= 0.3 is 5.97 Å². The number of rotatable bonds is 5. The van der Waals surface area contributed by atoms with Gasteiger partial charge < -0.3 is 15.0 Å². The summed E-state index contributed by atoms with van der Waals surface area (Å²) in [5.74, 6) is -0.364. The maximum Gasteiger partial charge on any atom is 0.328 e. The van der Waals surface area contributed by atoms with Gasteiger partial charge in [-0.1, -0.05) is 13.8 Å². The lowest BCUT2D eigenvalue weighted by Crippen LogP contribution is -2.54. The van der Waals surface area contributed by atoms with Crippen LogP contribution in [0.15, 0.2) is 0 Å². The molecule has 1 fully saturated rings. The second kappa shape index (κ2) is 6.47. The Kier molecular flexibility index (Phi) is 5.44. The molecule has 0 radical (unpaired) electrons. The Bertz CT molecular complexity index is 398. The van der Waals surface area contributed by atoms with Crippen molar-refractivity contribution in [2.24, 2.45) is 5.92 Å². The average Bonchev–Trinajstić information content (AvgIpc) is 2.69. The summed E-state index contributed by atoms with van der Waals surface area (Å²) in [5.41, 5.74) is 0. The largest absolute Gasteiger partial charge is 0.467 e. The van der Waals surface area contributed by atoms with Crippen LogP contribution in [-0.2, 0) is 19.1 Å². The zero-order valence-electron chi connectivity index (χ0n) is 12.5. The molecule has 0 aromatic rings. The predicted octanol–water partition coefficient (Wildman–Crippen LogP) is 0.610. The number of thioether (sulfide) groups is 1. The molecule has 2 atom stereocenters. The fourth-order valence-corrected chi connectivity index (χ4v) is 3.29. The molecule has 6 nitrogen and oxygen atoms in total. The van der Waals surface area contributed by atoms with Gasteiger partial charge in [-0.15, -0.1) is 11.8 Å². The monoisotopic (exact) mass is 302 g/mol. The molecule has 1 saturated heterocycles. The zero-order chi connectivity index (χ0) is 15.5. The Morgan fingerprint density at radius 3 is 2.50 bits per heavy atom. The second-order valence-electron chi connectivity index (χ2n) is 5.54. The summed E-state index contributed by atoms with van der Waals surface area (Å²) >= 11 is 1.54. The summed E-state index contributed by atoms with van der Waals surface area (Å²) in [6, 6.07) is -1.26. The molecule has 0 saturated carbocycles. The molecule has 1 rings (SSSR count). The first-order valence-corrected chi connectivity index (χ1v) is 7.49. The number of hydrogen-bond acceptors (Lipinski definition) is 5. The molecular weight excluding hydrogens is 280 g/mol. The first kappa shape index (κ1) is 16.8. The molecule has 20 heavy (non-hydrogen) atoms. The van der Waals surface area contributed by atoms with Crippen LogP contribution in [0.3, 0.4) is 0 Å². The molecule has 1 heterocycles. The Labute approximate surface area is 123 Å². The highest BCUT2D eigenvalue weighted by molar-refractivity contribution is 8.00. The van der Waals surface area contributed by atoms with Gasteiger partial charge in [-0.2, -0.15) is 0 Å². The van der Waals surface area contributed by atoms with Crippen molar-refractivity contribution < 1.29 is 19.1 Å². The highest BCUT2D eigenvalue weighted by Gasteiger charge is 2.43. The van der Waals surface area contributed by atoms with Crippen molar-refractivity contribution in [3.8, 4) is 0 Å². The normalized spacial score (nSPS) is 22.5. The minimum atomic E-state index is -0.699. The summed E-state index contributed by atoms with van der Waals surface area (Å²) in [5, 5.41) is 2.68. The molecule has 1 aliphatic heterocycles. The number of nitrogens with zero attached hydrogens (tertiary/aromatic N) is 1. The van der Waals surface area contributed by atoms with E-state index in [0.29, 0.717) is 12.2 Å². The van der Waals surface area contributed by atoms with Crippen molar-refractivity contribution in [1.29, 1.82) is 0 Å². The molecular formula is C13H22N2O4S. The molecule has 0 aliphatic carbocycles. The van der Waals surface area contributed by atoms with E-state index in [-0.39, 0.29) is 11.8 Å². The first-order valence-electron chi connectivity index (χ1n) is 6.50. The van der Waals surface area contributed by atoms with E-state index in [2.05, 4.69) is 10.1 Å². The lowest BCUT2D eigenvalue weighted by molar-refractivity contribution is -0.147. The summed E-state index contributed by atoms with van der Waals surface area (Å²) in [7, 11) is 1.29. The van der Waals surface area contributed by atoms with Gasteiger partial charge in [-0.25, -0.2) is 4.79 Å². The molecule has 0 spiro atoms. The standard InChI is InChI=1S/C13H22N2O4S/c1-8(2)10(12(18)19-5)14-11(17)9-6-20-13(3,4)15(9)7-16/h7-10H,6H2,1-5H3,(H,14,17). The topological polar surface area (TPSA) is 75.7 Å². The first-order chi connectivity index (χ1) is 9.24. The number of esters is 1. The van der Waals surface area contributed by atoms with Gasteiger partial charge in [0, 0.05) is 5.75 Å². The summed E-state index contributed by atoms with van der Waals surface area (Å²) in [6.45, 7) is 7.43. The van der Waals surface area contributed by atoms with Gasteiger partial charge in [0.25, 0.3) is 0 Å². The highest BCUT2D eigenvalue weighted by Crippen LogP contribution is 2.37. The van der Waals surface area contributed by atoms with Crippen molar-refractivity contribution in [2.75, 3.05) is 12.9 Å². The lowest BCUT2D eigenvalue weighted by Gasteiger charge is -2.31. The van der Waals surface area contributed by atoms with Crippen LogP contribution in [0.1, 0.15) is 27.7 Å². The van der Waals surface area contributed by atoms with Crippen LogP contribution < -0.4 is 5.32 Å². The fraction of sp³-hybridized carbons (Fsp3) is 0.769. The average molecular weight is 302 g/mol. The molecule has 1 aliphatic rings. The van der Waals surface area contributed by atoms with Crippen molar-refractivity contribution >= 4 is 30.0 Å². The molecule has 0 bridgehead atoms. The summed E-state index contributed by atoms with van der Waals surface area (Å²) in [4.78, 5) is 36.2. The van der Waals surface area contributed by atoms with E-state index in [4.69, 9.17) is 0 Å². The van der Waals surface area contributed by atoms with Crippen LogP contribution in [-0.4, -0.2) is 53.0 Å². The maximum atomic E-state index is 12.3. The minimum absolute atomic E-state index is 0.0850. The summed E-state index contributed by atoms with van der Waals surface area (Å²) in [6.07, 6.45) is 0.687. The third-order valence-electron chi connectivity index (χ3n) is 3.39. The number of amides is 2. The number of nitrogens with one attached hydrogen (secondary N) is 1. The number of methoxy groups -OCH3 is 1. The van der Waals surface area contributed by atoms with Crippen molar-refractivity contribution in [2.45, 2.75) is 44.6 Å². The third kappa shape index (κ3) is 3.45. The lowest BCUT2D eigenvalue weighted by atomic mass is 10.0. The molecule has 1 N–H and O–H groups in total. The van der Waals surface area contributed by atoms with Crippen LogP contribution >= 0.6 is 11.8 Å². The van der Waals surface area contributed by atoms with Gasteiger partial charge in [0.2, 0.25) is 12.3 Å². The van der Waals surface area contributed by atoms with Gasteiger partial charge in [-0.05, 0) is 19.8 Å². The SMILES string of the molecule is COC(=O)C(NC(=O)C1CSC(C)(C)N1C=O)C(C)C. The fourth-order valence-electron chi connectivity index (χ4n) is 2.09. The zero-order valence-corrected chi connectivity index (χ0v) is 13.3. The van der Waals surface area contributed by atoms with Crippen molar-refractivity contribution in [1.82, 2.24) is 10.2 Å². The molecule has 114 valence electrons. The van der Waals surface area contributed by atoms with E-state index < -0.39 is 22.9 Å². The molecule has 0 aromatic heterocycles. The van der Waals surface area contributed by atoms with E-state index in [1.165, 1.54) is 23.8 Å². The van der Waals surface area contributed by atoms with Crippen LogP contribution in [0.5, 0.6) is 0 Å². The quantitative estimate of drug-likeness (QED) is 0.595. The number of ether oxygens (including phenoxy) is 1. The third-order valence-corrected chi connectivity index (χ3v) is 4.79. The van der Waals surface area contributed by atoms with Crippen LogP contribution in [0.4, 0.5) is 0 Å². The smallest absolute Gasteiger partial charge is 0.328 e. The molecule has 2 unspecified atom stereocenters. The van der Waals surface area contributed by atoms with E-state index in [1.54, 1.807) is 0 Å². The minimum Gasteiger partial charge on any atom is -0.467 e.